The van der Waals surface area contributed by atoms with Crippen LogP contribution in [0.1, 0.15) is 43.0 Å². The van der Waals surface area contributed by atoms with Gasteiger partial charge in [0.15, 0.2) is 0 Å². The second kappa shape index (κ2) is 5.25. The molecule has 1 saturated heterocycles. The van der Waals surface area contributed by atoms with Gasteiger partial charge in [-0.05, 0) is 44.1 Å². The molecule has 0 bridgehead atoms. The van der Waals surface area contributed by atoms with Gasteiger partial charge in [-0.2, -0.15) is 11.8 Å². The predicted octanol–water partition coefficient (Wildman–Crippen LogP) is 3.62. The molecule has 2 heterocycles. The fourth-order valence-electron chi connectivity index (χ4n) is 2.21. The van der Waals surface area contributed by atoms with Crippen molar-refractivity contribution in [1.29, 1.82) is 0 Å². The van der Waals surface area contributed by atoms with Crippen LogP contribution in [-0.2, 0) is 0 Å². The number of nitrogens with one attached hydrogen (secondary N) is 1. The number of thioether (sulfide) groups is 1. The number of nitrogens with zero attached hydrogens (tertiary/aromatic N) is 2. The lowest BCUT2D eigenvalue weighted by Gasteiger charge is -2.24. The van der Waals surface area contributed by atoms with Crippen LogP contribution in [0.5, 0.6) is 0 Å². The van der Waals surface area contributed by atoms with E-state index in [1.165, 1.54) is 37.2 Å². The number of hydrogen-bond acceptors (Lipinski definition) is 4. The summed E-state index contributed by atoms with van der Waals surface area (Å²) in [6.45, 7) is 2.00. The summed E-state index contributed by atoms with van der Waals surface area (Å²) in [5.74, 6) is 4.91. The minimum absolute atomic E-state index is 0.544. The summed E-state index contributed by atoms with van der Waals surface area (Å²) in [5, 5.41) is 4.17. The van der Waals surface area contributed by atoms with Crippen LogP contribution in [0.25, 0.3) is 0 Å². The average Bonchev–Trinajstić information content (AvgIpc) is 3.20. The summed E-state index contributed by atoms with van der Waals surface area (Å²) in [5.41, 5.74) is 0.985. The van der Waals surface area contributed by atoms with E-state index in [0.717, 1.165) is 17.2 Å². The Morgan fingerprint density at radius 1 is 1.17 bits per heavy atom. The van der Waals surface area contributed by atoms with Crippen molar-refractivity contribution >= 4 is 29.2 Å². The van der Waals surface area contributed by atoms with Gasteiger partial charge >= 0.3 is 0 Å². The molecule has 0 amide bonds. The molecule has 0 atom stereocenters. The first-order chi connectivity index (χ1) is 8.74. The zero-order valence-corrected chi connectivity index (χ0v) is 12.2. The van der Waals surface area contributed by atoms with Crippen LogP contribution in [-0.4, -0.2) is 27.5 Å². The van der Waals surface area contributed by atoms with E-state index in [1.54, 1.807) is 0 Å². The molecule has 98 valence electrons. The van der Waals surface area contributed by atoms with Gasteiger partial charge in [-0.1, -0.05) is 11.6 Å². The minimum atomic E-state index is 0.544. The van der Waals surface area contributed by atoms with Gasteiger partial charge in [-0.15, -0.1) is 0 Å². The molecule has 2 aliphatic rings. The van der Waals surface area contributed by atoms with Crippen molar-refractivity contribution < 1.29 is 0 Å². The van der Waals surface area contributed by atoms with E-state index in [0.29, 0.717) is 17.1 Å². The molecular formula is C13H18ClN3S. The molecule has 5 heteroatoms. The highest BCUT2D eigenvalue weighted by Crippen LogP contribution is 2.39. The topological polar surface area (TPSA) is 37.8 Å². The number of halogens is 1. The molecule has 18 heavy (non-hydrogen) atoms. The molecule has 0 radical (unpaired) electrons. The van der Waals surface area contributed by atoms with Gasteiger partial charge in [-0.3, -0.25) is 0 Å². The third-order valence-electron chi connectivity index (χ3n) is 3.61. The fourth-order valence-corrected chi connectivity index (χ4v) is 3.49. The highest BCUT2D eigenvalue weighted by molar-refractivity contribution is 7.99. The largest absolute Gasteiger partial charge is 0.367 e. The van der Waals surface area contributed by atoms with Crippen LogP contribution >= 0.6 is 23.4 Å². The van der Waals surface area contributed by atoms with Crippen molar-refractivity contribution in [3.63, 3.8) is 0 Å². The van der Waals surface area contributed by atoms with E-state index >= 15 is 0 Å². The molecule has 1 N–H and O–H groups in total. The van der Waals surface area contributed by atoms with Crippen molar-refractivity contribution in [3.05, 3.63) is 16.5 Å². The van der Waals surface area contributed by atoms with Gasteiger partial charge in [-0.25, -0.2) is 9.97 Å². The summed E-state index contributed by atoms with van der Waals surface area (Å²) in [4.78, 5) is 9.07. The molecule has 2 fully saturated rings. The zero-order valence-electron chi connectivity index (χ0n) is 10.6. The summed E-state index contributed by atoms with van der Waals surface area (Å²) in [6, 6.07) is 0.544. The second-order valence-corrected chi connectivity index (χ2v) is 6.73. The molecule has 1 aromatic rings. The van der Waals surface area contributed by atoms with Crippen molar-refractivity contribution in [3.8, 4) is 0 Å². The van der Waals surface area contributed by atoms with Crippen molar-refractivity contribution in [2.24, 2.45) is 0 Å². The monoisotopic (exact) mass is 283 g/mol. The number of hydrogen-bond donors (Lipinski definition) is 1. The van der Waals surface area contributed by atoms with E-state index in [1.807, 2.05) is 18.7 Å². The Bertz CT molecular complexity index is 442. The van der Waals surface area contributed by atoms with Gasteiger partial charge in [0.25, 0.3) is 0 Å². The van der Waals surface area contributed by atoms with Crippen LogP contribution in [0.3, 0.4) is 0 Å². The maximum atomic E-state index is 6.21. The molecule has 0 unspecified atom stereocenters. The molecule has 1 aromatic heterocycles. The number of rotatable bonds is 3. The zero-order chi connectivity index (χ0) is 12.5. The first kappa shape index (κ1) is 12.5. The first-order valence-electron chi connectivity index (χ1n) is 6.62. The smallest absolute Gasteiger partial charge is 0.137 e. The van der Waals surface area contributed by atoms with E-state index in [2.05, 4.69) is 15.3 Å². The quantitative estimate of drug-likeness (QED) is 0.860. The SMILES string of the molecule is Cc1c(Cl)nc(C2CC2)nc1NC1CCSCC1. The highest BCUT2D eigenvalue weighted by Gasteiger charge is 2.28. The Morgan fingerprint density at radius 2 is 1.89 bits per heavy atom. The Hall–Kier alpha value is -0.480. The fraction of sp³-hybridized carbons (Fsp3) is 0.692. The number of aromatic nitrogens is 2. The molecular weight excluding hydrogens is 266 g/mol. The van der Waals surface area contributed by atoms with E-state index in [4.69, 9.17) is 11.6 Å². The summed E-state index contributed by atoms with van der Waals surface area (Å²) in [7, 11) is 0. The van der Waals surface area contributed by atoms with Gasteiger partial charge in [0.05, 0.1) is 0 Å². The molecule has 1 saturated carbocycles. The van der Waals surface area contributed by atoms with Crippen LogP contribution in [0.4, 0.5) is 5.82 Å². The van der Waals surface area contributed by atoms with Gasteiger partial charge in [0, 0.05) is 17.5 Å². The maximum Gasteiger partial charge on any atom is 0.137 e. The predicted molar refractivity (Wildman–Crippen MR) is 77.7 cm³/mol. The summed E-state index contributed by atoms with van der Waals surface area (Å²) in [6.07, 6.45) is 4.84. The molecule has 1 aliphatic carbocycles. The Kier molecular flexibility index (Phi) is 3.66. The van der Waals surface area contributed by atoms with E-state index in [-0.39, 0.29) is 0 Å². The van der Waals surface area contributed by atoms with Crippen LogP contribution < -0.4 is 5.32 Å². The van der Waals surface area contributed by atoms with Crippen LogP contribution in [0.15, 0.2) is 0 Å². The van der Waals surface area contributed by atoms with Gasteiger partial charge in [0.2, 0.25) is 0 Å². The van der Waals surface area contributed by atoms with Crippen LogP contribution in [0, 0.1) is 6.92 Å². The molecule has 3 rings (SSSR count). The third kappa shape index (κ3) is 2.75. The molecule has 1 aliphatic heterocycles. The van der Waals surface area contributed by atoms with Gasteiger partial charge in [0.1, 0.15) is 16.8 Å². The molecule has 0 spiro atoms. The second-order valence-electron chi connectivity index (χ2n) is 5.15. The average molecular weight is 284 g/mol. The van der Waals surface area contributed by atoms with Gasteiger partial charge < -0.3 is 5.32 Å². The Morgan fingerprint density at radius 3 is 2.56 bits per heavy atom. The lowest BCUT2D eigenvalue weighted by Crippen LogP contribution is -2.25. The normalized spacial score (nSPS) is 21.0. The third-order valence-corrected chi connectivity index (χ3v) is 5.03. The van der Waals surface area contributed by atoms with Crippen molar-refractivity contribution in [2.75, 3.05) is 16.8 Å². The highest BCUT2D eigenvalue weighted by atomic mass is 35.5. The summed E-state index contributed by atoms with van der Waals surface area (Å²) >= 11 is 8.25. The van der Waals surface area contributed by atoms with E-state index in [9.17, 15) is 0 Å². The standard InChI is InChI=1S/C13H18ClN3S/c1-8-11(14)16-13(9-2-3-9)17-12(8)15-10-4-6-18-7-5-10/h9-10H,2-7H2,1H3,(H,15,16,17). The molecule has 0 aromatic carbocycles. The van der Waals surface area contributed by atoms with Crippen molar-refractivity contribution in [1.82, 2.24) is 9.97 Å². The Balaban J connectivity index is 1.80. The summed E-state index contributed by atoms with van der Waals surface area (Å²) < 4.78 is 0. The maximum absolute atomic E-state index is 6.21. The Labute approximate surface area is 117 Å². The first-order valence-corrected chi connectivity index (χ1v) is 8.15. The van der Waals surface area contributed by atoms with Crippen LogP contribution in [0.2, 0.25) is 5.15 Å². The lowest BCUT2D eigenvalue weighted by atomic mass is 10.1. The number of anilines is 1. The lowest BCUT2D eigenvalue weighted by molar-refractivity contribution is 0.661. The molecule has 3 nitrogen and oxygen atoms in total. The minimum Gasteiger partial charge on any atom is -0.367 e. The van der Waals surface area contributed by atoms with E-state index < -0.39 is 0 Å². The van der Waals surface area contributed by atoms with Crippen molar-refractivity contribution in [2.45, 2.75) is 44.6 Å².